The predicted octanol–water partition coefficient (Wildman–Crippen LogP) is 6.69. The van der Waals surface area contributed by atoms with Crippen LogP contribution in [0.25, 0.3) is 0 Å². The van der Waals surface area contributed by atoms with Crippen molar-refractivity contribution in [3.05, 3.63) is 0 Å². The van der Waals surface area contributed by atoms with Crippen LogP contribution in [0.1, 0.15) is 60.8 Å². The van der Waals surface area contributed by atoms with Gasteiger partial charge in [0.05, 0.1) is 8.07 Å². The first-order valence-corrected chi connectivity index (χ1v) is 14.6. The molecule has 3 heteroatoms. The highest BCUT2D eigenvalue weighted by Crippen LogP contribution is 2.28. The zero-order valence-electron chi connectivity index (χ0n) is 15.2. The molecule has 0 aliphatic rings. The van der Waals surface area contributed by atoms with Crippen LogP contribution >= 0.6 is 0 Å². The molecule has 0 aliphatic heterocycles. The fourth-order valence-electron chi connectivity index (χ4n) is 3.40. The molecular weight excluding hydrogens is 276 g/mol. The van der Waals surface area contributed by atoms with Crippen molar-refractivity contribution in [2.45, 2.75) is 103 Å². The Labute approximate surface area is 131 Å². The Hall–Kier alpha value is 0.394. The summed E-state index contributed by atoms with van der Waals surface area (Å²) in [4.78, 5) is 0. The molecular formula is C17H40OSi2. The van der Waals surface area contributed by atoms with Crippen molar-refractivity contribution in [3.63, 3.8) is 0 Å². The fraction of sp³-hybridized carbons (Fsp3) is 1.00. The van der Waals surface area contributed by atoms with Crippen molar-refractivity contribution in [2.75, 3.05) is 6.61 Å². The Balaban J connectivity index is 3.87. The van der Waals surface area contributed by atoms with Crippen molar-refractivity contribution < 1.29 is 4.43 Å². The van der Waals surface area contributed by atoms with Gasteiger partial charge in [-0.2, -0.15) is 0 Å². The van der Waals surface area contributed by atoms with E-state index in [0.29, 0.717) is 0 Å². The van der Waals surface area contributed by atoms with Crippen molar-refractivity contribution in [3.8, 4) is 0 Å². The molecule has 0 radical (unpaired) electrons. The van der Waals surface area contributed by atoms with E-state index in [0.717, 1.165) is 6.61 Å². The highest BCUT2D eigenvalue weighted by Gasteiger charge is 2.28. The molecule has 0 atom stereocenters. The van der Waals surface area contributed by atoms with Gasteiger partial charge in [-0.25, -0.2) is 0 Å². The lowest BCUT2D eigenvalue weighted by molar-refractivity contribution is 0.289. The zero-order valence-corrected chi connectivity index (χ0v) is 17.2. The van der Waals surface area contributed by atoms with E-state index in [4.69, 9.17) is 4.43 Å². The third-order valence-electron chi connectivity index (χ3n) is 5.94. The molecule has 0 spiro atoms. The van der Waals surface area contributed by atoms with Crippen molar-refractivity contribution in [1.82, 2.24) is 0 Å². The molecule has 0 saturated heterocycles. The van der Waals surface area contributed by atoms with Crippen molar-refractivity contribution in [2.24, 2.45) is 0 Å². The number of hydrogen-bond acceptors (Lipinski definition) is 1. The molecule has 0 unspecified atom stereocenters. The van der Waals surface area contributed by atoms with E-state index in [2.05, 4.69) is 41.5 Å². The average molecular weight is 317 g/mol. The summed E-state index contributed by atoms with van der Waals surface area (Å²) < 4.78 is 6.34. The predicted molar refractivity (Wildman–Crippen MR) is 99.0 cm³/mol. The molecule has 20 heavy (non-hydrogen) atoms. The lowest BCUT2D eigenvalue weighted by Gasteiger charge is -2.29. The highest BCUT2D eigenvalue weighted by molar-refractivity contribution is 6.79. The molecule has 0 bridgehead atoms. The summed E-state index contributed by atoms with van der Waals surface area (Å²) >= 11 is 0. The Kier molecular flexibility index (Phi) is 11.2. The molecule has 0 fully saturated rings. The van der Waals surface area contributed by atoms with E-state index in [1.165, 1.54) is 55.5 Å². The van der Waals surface area contributed by atoms with Crippen LogP contribution in [0.15, 0.2) is 0 Å². The molecule has 0 aliphatic carbocycles. The monoisotopic (exact) mass is 316 g/mol. The van der Waals surface area contributed by atoms with E-state index in [-0.39, 0.29) is 0 Å². The lowest BCUT2D eigenvalue weighted by atomic mass is 10.3. The van der Waals surface area contributed by atoms with E-state index >= 15 is 0 Å². The standard InChI is InChI=1S/C17H40OSi2/c1-7-19(8-2,9-3)17-15-13-14-16-18-20(10-4,11-5)12-6/h7-17H2,1-6H3. The van der Waals surface area contributed by atoms with Crippen molar-refractivity contribution in [1.29, 1.82) is 0 Å². The van der Waals surface area contributed by atoms with Gasteiger partial charge in [0.1, 0.15) is 0 Å². The normalized spacial score (nSPS) is 12.9. The molecule has 0 rings (SSSR count). The van der Waals surface area contributed by atoms with Gasteiger partial charge in [-0.1, -0.05) is 78.6 Å². The van der Waals surface area contributed by atoms with E-state index < -0.39 is 16.4 Å². The van der Waals surface area contributed by atoms with E-state index in [1.54, 1.807) is 6.04 Å². The first-order chi connectivity index (χ1) is 9.57. The second-order valence-electron chi connectivity index (χ2n) is 6.46. The molecule has 0 aromatic rings. The summed E-state index contributed by atoms with van der Waals surface area (Å²) in [5, 5.41) is 0. The molecule has 0 heterocycles. The second-order valence-corrected chi connectivity index (χ2v) is 16.9. The van der Waals surface area contributed by atoms with Crippen LogP contribution in [0.4, 0.5) is 0 Å². The van der Waals surface area contributed by atoms with Crippen LogP contribution in [-0.4, -0.2) is 23.0 Å². The minimum atomic E-state index is -1.33. The van der Waals surface area contributed by atoms with Gasteiger partial charge in [-0.15, -0.1) is 0 Å². The van der Waals surface area contributed by atoms with E-state index in [1.807, 2.05) is 0 Å². The molecule has 0 amide bonds. The lowest BCUT2D eigenvalue weighted by Crippen LogP contribution is -2.36. The third-order valence-corrected chi connectivity index (χ3v) is 16.5. The number of unbranched alkanes of at least 4 members (excludes halogenated alkanes) is 2. The topological polar surface area (TPSA) is 9.23 Å². The third kappa shape index (κ3) is 6.44. The van der Waals surface area contributed by atoms with Gasteiger partial charge in [0, 0.05) is 6.61 Å². The molecule has 0 aromatic carbocycles. The first-order valence-electron chi connectivity index (χ1n) is 9.21. The quantitative estimate of drug-likeness (QED) is 0.272. The fourth-order valence-corrected chi connectivity index (χ4v) is 9.65. The Morgan fingerprint density at radius 1 is 0.600 bits per heavy atom. The molecule has 0 aromatic heterocycles. The van der Waals surface area contributed by atoms with Crippen LogP contribution < -0.4 is 0 Å². The smallest absolute Gasteiger partial charge is 0.191 e. The van der Waals surface area contributed by atoms with Gasteiger partial charge in [0.15, 0.2) is 8.32 Å². The Morgan fingerprint density at radius 3 is 1.50 bits per heavy atom. The summed E-state index contributed by atoms with van der Waals surface area (Å²) in [6, 6.07) is 9.86. The van der Waals surface area contributed by atoms with Crippen LogP contribution in [0.3, 0.4) is 0 Å². The number of rotatable bonds is 13. The van der Waals surface area contributed by atoms with Gasteiger partial charge in [-0.05, 0) is 24.6 Å². The van der Waals surface area contributed by atoms with Gasteiger partial charge >= 0.3 is 0 Å². The second kappa shape index (κ2) is 11.0. The van der Waals surface area contributed by atoms with Gasteiger partial charge in [0.2, 0.25) is 0 Å². The minimum Gasteiger partial charge on any atom is -0.417 e. The maximum absolute atomic E-state index is 6.34. The summed E-state index contributed by atoms with van der Waals surface area (Å²) in [6.45, 7) is 15.3. The SMILES string of the molecule is CC[Si](CC)(CC)CCCCCO[Si](CC)(CC)CC. The summed E-state index contributed by atoms with van der Waals surface area (Å²) in [6.07, 6.45) is 4.12. The molecule has 122 valence electrons. The first kappa shape index (κ1) is 20.4. The zero-order chi connectivity index (χ0) is 15.5. The van der Waals surface area contributed by atoms with Crippen LogP contribution in [0.2, 0.25) is 42.3 Å². The summed E-state index contributed by atoms with van der Waals surface area (Å²) in [5.74, 6) is 0. The maximum Gasteiger partial charge on any atom is 0.191 e. The maximum atomic E-state index is 6.34. The Bertz CT molecular complexity index is 183. The summed E-state index contributed by atoms with van der Waals surface area (Å²) in [5.41, 5.74) is 0. The number of hydrogen-bond donors (Lipinski definition) is 0. The Morgan fingerprint density at radius 2 is 1.10 bits per heavy atom. The highest BCUT2D eigenvalue weighted by atomic mass is 28.4. The van der Waals surface area contributed by atoms with Crippen LogP contribution in [0, 0.1) is 0 Å². The average Bonchev–Trinajstić information content (AvgIpc) is 2.52. The summed E-state index contributed by atoms with van der Waals surface area (Å²) in [7, 11) is -2.19. The molecule has 0 saturated carbocycles. The largest absolute Gasteiger partial charge is 0.417 e. The van der Waals surface area contributed by atoms with Gasteiger partial charge < -0.3 is 4.43 Å². The van der Waals surface area contributed by atoms with Crippen LogP contribution in [0.5, 0.6) is 0 Å². The molecule has 1 nitrogen and oxygen atoms in total. The van der Waals surface area contributed by atoms with Crippen LogP contribution in [-0.2, 0) is 4.43 Å². The molecule has 0 N–H and O–H groups in total. The van der Waals surface area contributed by atoms with Gasteiger partial charge in [0.25, 0.3) is 0 Å². The van der Waals surface area contributed by atoms with Crippen molar-refractivity contribution >= 4 is 16.4 Å². The van der Waals surface area contributed by atoms with E-state index in [9.17, 15) is 0 Å². The minimum absolute atomic E-state index is 0.867. The van der Waals surface area contributed by atoms with Gasteiger partial charge in [-0.3, -0.25) is 0 Å².